The molecule has 4 aromatic rings. The molecule has 0 bridgehead atoms. The number of hydrogen-bond donors (Lipinski definition) is 0. The van der Waals surface area contributed by atoms with Crippen molar-refractivity contribution in [2.75, 3.05) is 0 Å². The summed E-state index contributed by atoms with van der Waals surface area (Å²) in [6, 6.07) is 19.8. The number of halogens is 4. The van der Waals surface area contributed by atoms with Gasteiger partial charge in [-0.05, 0) is 66.3 Å². The van der Waals surface area contributed by atoms with Crippen LogP contribution in [0.1, 0.15) is 28.8 Å². The number of ether oxygens (including phenoxy) is 2. The lowest BCUT2D eigenvalue weighted by atomic mass is 9.86. The van der Waals surface area contributed by atoms with Gasteiger partial charge in [0.2, 0.25) is 0 Å². The molecule has 1 atom stereocenters. The minimum absolute atomic E-state index is 0.161. The molecule has 1 unspecified atom stereocenters. The van der Waals surface area contributed by atoms with E-state index in [0.29, 0.717) is 36.7 Å². The third-order valence-electron chi connectivity index (χ3n) is 6.46. The van der Waals surface area contributed by atoms with Gasteiger partial charge in [-0.3, -0.25) is 4.79 Å². The van der Waals surface area contributed by atoms with Gasteiger partial charge in [0.1, 0.15) is 18.2 Å². The second-order valence-electron chi connectivity index (χ2n) is 8.90. The molecule has 0 fully saturated rings. The first-order chi connectivity index (χ1) is 17.3. The van der Waals surface area contributed by atoms with Crippen LogP contribution in [0.25, 0.3) is 10.9 Å². The lowest BCUT2D eigenvalue weighted by molar-refractivity contribution is -0.274. The highest BCUT2D eigenvalue weighted by Crippen LogP contribution is 2.38. The first kappa shape index (κ1) is 23.9. The van der Waals surface area contributed by atoms with Crippen LogP contribution in [0.5, 0.6) is 5.75 Å². The Morgan fingerprint density at radius 3 is 2.50 bits per heavy atom. The van der Waals surface area contributed by atoms with Gasteiger partial charge < -0.3 is 14.0 Å². The Kier molecular flexibility index (Phi) is 6.43. The smallest absolute Gasteiger partial charge is 0.461 e. The monoisotopic (exact) mass is 497 g/mol. The normalized spacial score (nSPS) is 15.5. The van der Waals surface area contributed by atoms with Crippen molar-refractivity contribution in [2.45, 2.75) is 38.8 Å². The number of benzene rings is 3. The van der Waals surface area contributed by atoms with Gasteiger partial charge in [-0.15, -0.1) is 13.2 Å². The van der Waals surface area contributed by atoms with E-state index in [4.69, 9.17) is 4.74 Å². The van der Waals surface area contributed by atoms with E-state index in [9.17, 15) is 22.4 Å². The molecule has 1 aliphatic rings. The van der Waals surface area contributed by atoms with Gasteiger partial charge >= 0.3 is 12.3 Å². The zero-order valence-electron chi connectivity index (χ0n) is 19.2. The SMILES string of the molecule is O=C(OCc1ccccc1)C1CCc2c(c3cc(OC(F)(F)F)ccc3n2Cc2cccc(F)c2)C1. The summed E-state index contributed by atoms with van der Waals surface area (Å²) in [6.07, 6.45) is -3.39. The molecule has 186 valence electrons. The lowest BCUT2D eigenvalue weighted by Crippen LogP contribution is -2.25. The van der Waals surface area contributed by atoms with Crippen molar-refractivity contribution in [3.63, 3.8) is 0 Å². The zero-order chi connectivity index (χ0) is 25.3. The second-order valence-corrected chi connectivity index (χ2v) is 8.90. The van der Waals surface area contributed by atoms with Gasteiger partial charge in [0.15, 0.2) is 0 Å². The Morgan fingerprint density at radius 1 is 0.972 bits per heavy atom. The van der Waals surface area contributed by atoms with Crippen LogP contribution in [0.3, 0.4) is 0 Å². The molecule has 8 heteroatoms. The number of alkyl halides is 3. The number of aromatic nitrogens is 1. The number of carbonyl (C=O) groups is 1. The number of carbonyl (C=O) groups excluding carboxylic acids is 1. The van der Waals surface area contributed by atoms with E-state index in [1.54, 1.807) is 18.2 Å². The molecule has 36 heavy (non-hydrogen) atoms. The number of hydrogen-bond acceptors (Lipinski definition) is 3. The van der Waals surface area contributed by atoms with Crippen molar-refractivity contribution in [3.8, 4) is 5.75 Å². The predicted octanol–water partition coefficient (Wildman–Crippen LogP) is 6.58. The summed E-state index contributed by atoms with van der Waals surface area (Å²) in [5.74, 6) is -1.44. The molecule has 1 aliphatic carbocycles. The van der Waals surface area contributed by atoms with E-state index in [2.05, 4.69) is 4.74 Å². The predicted molar refractivity (Wildman–Crippen MR) is 126 cm³/mol. The van der Waals surface area contributed by atoms with Crippen molar-refractivity contribution in [2.24, 2.45) is 5.92 Å². The van der Waals surface area contributed by atoms with E-state index in [0.717, 1.165) is 22.4 Å². The number of esters is 1. The molecule has 5 rings (SSSR count). The highest BCUT2D eigenvalue weighted by atomic mass is 19.4. The van der Waals surface area contributed by atoms with Gasteiger partial charge in [0.25, 0.3) is 0 Å². The Hall–Kier alpha value is -3.81. The Balaban J connectivity index is 1.47. The molecular formula is C28H23F4NO3. The summed E-state index contributed by atoms with van der Waals surface area (Å²) in [6.45, 7) is 0.514. The van der Waals surface area contributed by atoms with E-state index in [-0.39, 0.29) is 24.1 Å². The summed E-state index contributed by atoms with van der Waals surface area (Å²) in [5, 5.41) is 0.587. The standard InChI is InChI=1S/C28H23F4NO3/c29-21-8-4-7-19(13-21)16-33-25-11-9-20(27(34)35-17-18-5-2-1-3-6-18)14-23(25)24-15-22(10-12-26(24)33)36-28(30,31)32/h1-8,10,12-13,15,20H,9,11,14,16-17H2. The van der Waals surface area contributed by atoms with Gasteiger partial charge in [0, 0.05) is 23.1 Å². The second kappa shape index (κ2) is 9.68. The third-order valence-corrected chi connectivity index (χ3v) is 6.46. The van der Waals surface area contributed by atoms with Crippen LogP contribution < -0.4 is 4.74 Å². The topological polar surface area (TPSA) is 40.5 Å². The summed E-state index contributed by atoms with van der Waals surface area (Å²) >= 11 is 0. The molecule has 1 aromatic heterocycles. The number of nitrogens with zero attached hydrogens (tertiary/aromatic N) is 1. The molecule has 0 N–H and O–H groups in total. The molecule has 1 heterocycles. The minimum Gasteiger partial charge on any atom is -0.461 e. The van der Waals surface area contributed by atoms with E-state index in [1.807, 2.05) is 34.9 Å². The van der Waals surface area contributed by atoms with Crippen molar-refractivity contribution in [3.05, 3.63) is 101 Å². The van der Waals surface area contributed by atoms with Crippen LogP contribution in [0.4, 0.5) is 17.6 Å². The average molecular weight is 497 g/mol. The first-order valence-electron chi connectivity index (χ1n) is 11.6. The van der Waals surface area contributed by atoms with E-state index >= 15 is 0 Å². The Labute approximate surface area is 205 Å². The van der Waals surface area contributed by atoms with E-state index < -0.39 is 12.3 Å². The first-order valence-corrected chi connectivity index (χ1v) is 11.6. The fraction of sp³-hybridized carbons (Fsp3) is 0.250. The zero-order valence-corrected chi connectivity index (χ0v) is 19.2. The van der Waals surface area contributed by atoms with Crippen LogP contribution in [0.2, 0.25) is 0 Å². The highest BCUT2D eigenvalue weighted by Gasteiger charge is 2.33. The number of rotatable bonds is 6. The van der Waals surface area contributed by atoms with Crippen LogP contribution in [-0.4, -0.2) is 16.9 Å². The van der Waals surface area contributed by atoms with Crippen molar-refractivity contribution < 1.29 is 31.8 Å². The largest absolute Gasteiger partial charge is 0.573 e. The van der Waals surface area contributed by atoms with Gasteiger partial charge in [-0.2, -0.15) is 0 Å². The molecule has 0 saturated carbocycles. The minimum atomic E-state index is -4.82. The van der Waals surface area contributed by atoms with Crippen LogP contribution in [0, 0.1) is 11.7 Å². The quantitative estimate of drug-likeness (QED) is 0.223. The molecular weight excluding hydrogens is 474 g/mol. The molecule has 3 aromatic carbocycles. The molecule has 0 saturated heterocycles. The lowest BCUT2D eigenvalue weighted by Gasteiger charge is -2.23. The summed E-state index contributed by atoms with van der Waals surface area (Å²) in [4.78, 5) is 12.9. The number of fused-ring (bicyclic) bond motifs is 3. The van der Waals surface area contributed by atoms with Crippen LogP contribution >= 0.6 is 0 Å². The molecule has 0 spiro atoms. The van der Waals surface area contributed by atoms with Gasteiger partial charge in [-0.25, -0.2) is 4.39 Å². The summed E-state index contributed by atoms with van der Waals surface area (Å²) in [7, 11) is 0. The van der Waals surface area contributed by atoms with Crippen molar-refractivity contribution in [1.82, 2.24) is 4.57 Å². The van der Waals surface area contributed by atoms with E-state index in [1.165, 1.54) is 24.3 Å². The fourth-order valence-corrected chi connectivity index (χ4v) is 4.87. The van der Waals surface area contributed by atoms with Crippen molar-refractivity contribution >= 4 is 16.9 Å². The molecule has 4 nitrogen and oxygen atoms in total. The maximum atomic E-state index is 13.8. The van der Waals surface area contributed by atoms with Gasteiger partial charge in [0.05, 0.1) is 5.92 Å². The highest BCUT2D eigenvalue weighted by molar-refractivity contribution is 5.88. The van der Waals surface area contributed by atoms with Crippen LogP contribution in [0.15, 0.2) is 72.8 Å². The fourth-order valence-electron chi connectivity index (χ4n) is 4.87. The molecule has 0 amide bonds. The maximum Gasteiger partial charge on any atom is 0.573 e. The van der Waals surface area contributed by atoms with Crippen LogP contribution in [-0.2, 0) is 35.5 Å². The Morgan fingerprint density at radius 2 is 1.75 bits per heavy atom. The van der Waals surface area contributed by atoms with Gasteiger partial charge in [-0.1, -0.05) is 42.5 Å². The Bertz CT molecular complexity index is 1400. The average Bonchev–Trinajstić information content (AvgIpc) is 3.14. The molecule has 0 aliphatic heterocycles. The molecule has 0 radical (unpaired) electrons. The third kappa shape index (κ3) is 5.22. The summed E-state index contributed by atoms with van der Waals surface area (Å²) in [5.41, 5.74) is 4.03. The summed E-state index contributed by atoms with van der Waals surface area (Å²) < 4.78 is 64.1. The van der Waals surface area contributed by atoms with Crippen molar-refractivity contribution in [1.29, 1.82) is 0 Å². The maximum absolute atomic E-state index is 13.8.